The summed E-state index contributed by atoms with van der Waals surface area (Å²) in [6.07, 6.45) is 4.31. The van der Waals surface area contributed by atoms with Gasteiger partial charge in [0.25, 0.3) is 11.5 Å². The minimum Gasteiger partial charge on any atom is -0.490 e. The summed E-state index contributed by atoms with van der Waals surface area (Å²) >= 11 is 6.08. The monoisotopic (exact) mass is 388 g/mol. The average Bonchev–Trinajstić information content (AvgIpc) is 2.64. The summed E-state index contributed by atoms with van der Waals surface area (Å²) in [6, 6.07) is 12.1. The summed E-state index contributed by atoms with van der Waals surface area (Å²) in [7, 11) is 0. The van der Waals surface area contributed by atoms with Crippen molar-refractivity contribution in [3.05, 3.63) is 63.5 Å². The van der Waals surface area contributed by atoms with Crippen LogP contribution in [-0.2, 0) is 6.54 Å². The first-order valence-corrected chi connectivity index (χ1v) is 9.80. The molecule has 1 aromatic carbocycles. The fraction of sp³-hybridized carbons (Fsp3) is 0.429. The molecule has 0 saturated heterocycles. The number of para-hydroxylation sites is 1. The van der Waals surface area contributed by atoms with Gasteiger partial charge >= 0.3 is 0 Å². The molecule has 0 spiro atoms. The number of hydrogen-bond donors (Lipinski definition) is 1. The third kappa shape index (κ3) is 5.13. The van der Waals surface area contributed by atoms with Gasteiger partial charge in [-0.3, -0.25) is 9.59 Å². The SMILES string of the molecule is CC1CCCC(NC(=O)c2cccc(=O)n2CCOc2ccccc2Cl)C1. The van der Waals surface area contributed by atoms with E-state index in [0.29, 0.717) is 22.4 Å². The summed E-state index contributed by atoms with van der Waals surface area (Å²) in [5.41, 5.74) is 0.144. The molecule has 1 N–H and O–H groups in total. The van der Waals surface area contributed by atoms with E-state index >= 15 is 0 Å². The first kappa shape index (κ1) is 19.5. The molecule has 2 atom stereocenters. The highest BCUT2D eigenvalue weighted by molar-refractivity contribution is 6.32. The third-order valence-electron chi connectivity index (χ3n) is 4.96. The van der Waals surface area contributed by atoms with Gasteiger partial charge in [-0.05, 0) is 37.0 Å². The molecule has 6 heteroatoms. The second kappa shape index (κ2) is 9.09. The highest BCUT2D eigenvalue weighted by Crippen LogP contribution is 2.24. The van der Waals surface area contributed by atoms with Crippen LogP contribution >= 0.6 is 11.6 Å². The van der Waals surface area contributed by atoms with E-state index in [1.54, 1.807) is 24.3 Å². The number of halogens is 1. The number of amides is 1. The molecule has 1 amide bonds. The Bertz CT molecular complexity index is 849. The molecule has 1 aromatic heterocycles. The maximum atomic E-state index is 12.7. The molecule has 1 aliphatic carbocycles. The molecule has 0 radical (unpaired) electrons. The fourth-order valence-electron chi connectivity index (χ4n) is 3.58. The van der Waals surface area contributed by atoms with Gasteiger partial charge in [-0.1, -0.05) is 49.6 Å². The van der Waals surface area contributed by atoms with Crippen molar-refractivity contribution < 1.29 is 9.53 Å². The average molecular weight is 389 g/mol. The van der Waals surface area contributed by atoms with Crippen LogP contribution in [0.2, 0.25) is 5.02 Å². The largest absolute Gasteiger partial charge is 0.490 e. The highest BCUT2D eigenvalue weighted by atomic mass is 35.5. The Kier molecular flexibility index (Phi) is 6.56. The Balaban J connectivity index is 1.67. The third-order valence-corrected chi connectivity index (χ3v) is 5.28. The van der Waals surface area contributed by atoms with Gasteiger partial charge in [0.15, 0.2) is 0 Å². The van der Waals surface area contributed by atoms with Gasteiger partial charge in [-0.2, -0.15) is 0 Å². The number of rotatable bonds is 6. The Labute approximate surface area is 164 Å². The van der Waals surface area contributed by atoms with Crippen molar-refractivity contribution in [1.82, 2.24) is 9.88 Å². The smallest absolute Gasteiger partial charge is 0.268 e. The molecule has 1 heterocycles. The number of hydrogen-bond acceptors (Lipinski definition) is 3. The van der Waals surface area contributed by atoms with Crippen LogP contribution in [0.5, 0.6) is 5.75 Å². The zero-order valence-electron chi connectivity index (χ0n) is 15.5. The minimum absolute atomic E-state index is 0.171. The lowest BCUT2D eigenvalue weighted by atomic mass is 9.87. The Morgan fingerprint density at radius 2 is 2.04 bits per heavy atom. The van der Waals surface area contributed by atoms with Crippen molar-refractivity contribution in [1.29, 1.82) is 0 Å². The van der Waals surface area contributed by atoms with Crippen molar-refractivity contribution >= 4 is 17.5 Å². The van der Waals surface area contributed by atoms with Gasteiger partial charge in [0, 0.05) is 12.1 Å². The summed E-state index contributed by atoms with van der Waals surface area (Å²) < 4.78 is 7.13. The fourth-order valence-corrected chi connectivity index (χ4v) is 3.77. The maximum absolute atomic E-state index is 12.7. The lowest BCUT2D eigenvalue weighted by Crippen LogP contribution is -2.40. The van der Waals surface area contributed by atoms with E-state index in [4.69, 9.17) is 16.3 Å². The molecule has 2 aromatic rings. The van der Waals surface area contributed by atoms with Crippen molar-refractivity contribution in [2.75, 3.05) is 6.61 Å². The number of benzene rings is 1. The molecular formula is C21H25ClN2O3. The van der Waals surface area contributed by atoms with Crippen LogP contribution in [0.4, 0.5) is 0 Å². The van der Waals surface area contributed by atoms with Crippen LogP contribution in [-0.4, -0.2) is 23.1 Å². The van der Waals surface area contributed by atoms with Crippen LogP contribution in [0.3, 0.4) is 0 Å². The van der Waals surface area contributed by atoms with E-state index in [-0.39, 0.29) is 30.7 Å². The van der Waals surface area contributed by atoms with E-state index in [2.05, 4.69) is 12.2 Å². The quantitative estimate of drug-likeness (QED) is 0.816. The molecule has 0 aliphatic heterocycles. The molecular weight excluding hydrogens is 364 g/mol. The predicted molar refractivity (Wildman–Crippen MR) is 107 cm³/mol. The minimum atomic E-state index is -0.220. The van der Waals surface area contributed by atoms with Gasteiger partial charge in [0.1, 0.15) is 18.1 Å². The van der Waals surface area contributed by atoms with E-state index < -0.39 is 0 Å². The van der Waals surface area contributed by atoms with Gasteiger partial charge < -0.3 is 14.6 Å². The van der Waals surface area contributed by atoms with E-state index in [0.717, 1.165) is 19.3 Å². The van der Waals surface area contributed by atoms with E-state index in [1.807, 2.05) is 12.1 Å². The lowest BCUT2D eigenvalue weighted by Gasteiger charge is -2.27. The van der Waals surface area contributed by atoms with Crippen molar-refractivity contribution in [3.63, 3.8) is 0 Å². The number of aromatic nitrogens is 1. The number of carbonyl (C=O) groups is 1. The van der Waals surface area contributed by atoms with Crippen LogP contribution in [0.25, 0.3) is 0 Å². The molecule has 1 fully saturated rings. The standard InChI is InChI=1S/C21H25ClN2O3/c1-15-6-4-7-16(14-15)23-21(26)18-9-5-11-20(25)24(18)12-13-27-19-10-3-2-8-17(19)22/h2-3,5,8-11,15-16H,4,6-7,12-14H2,1H3,(H,23,26). The molecule has 0 bridgehead atoms. The maximum Gasteiger partial charge on any atom is 0.268 e. The normalized spacial score (nSPS) is 19.5. The molecule has 3 rings (SSSR count). The van der Waals surface area contributed by atoms with Crippen LogP contribution in [0.1, 0.15) is 43.1 Å². The lowest BCUT2D eigenvalue weighted by molar-refractivity contribution is 0.0909. The zero-order chi connectivity index (χ0) is 19.2. The van der Waals surface area contributed by atoms with Crippen LogP contribution in [0.15, 0.2) is 47.3 Å². The molecule has 144 valence electrons. The second-order valence-electron chi connectivity index (χ2n) is 7.12. The number of ether oxygens (including phenoxy) is 1. The predicted octanol–water partition coefficient (Wildman–Crippen LogP) is 3.89. The summed E-state index contributed by atoms with van der Waals surface area (Å²) in [4.78, 5) is 25.0. The first-order valence-electron chi connectivity index (χ1n) is 9.42. The number of nitrogens with one attached hydrogen (secondary N) is 1. The number of carbonyl (C=O) groups excluding carboxylic acids is 1. The van der Waals surface area contributed by atoms with Crippen molar-refractivity contribution in [2.24, 2.45) is 5.92 Å². The second-order valence-corrected chi connectivity index (χ2v) is 7.53. The first-order chi connectivity index (χ1) is 13.0. The van der Waals surface area contributed by atoms with E-state index in [9.17, 15) is 9.59 Å². The summed E-state index contributed by atoms with van der Waals surface area (Å²) in [5, 5.41) is 3.61. The molecule has 1 aliphatic rings. The van der Waals surface area contributed by atoms with Gasteiger partial charge in [-0.25, -0.2) is 0 Å². The number of pyridine rings is 1. The van der Waals surface area contributed by atoms with Gasteiger partial charge in [0.2, 0.25) is 0 Å². The molecule has 5 nitrogen and oxygen atoms in total. The number of nitrogens with zero attached hydrogens (tertiary/aromatic N) is 1. The van der Waals surface area contributed by atoms with Gasteiger partial charge in [0.05, 0.1) is 11.6 Å². The Hall–Kier alpha value is -2.27. The van der Waals surface area contributed by atoms with Crippen LogP contribution < -0.4 is 15.6 Å². The van der Waals surface area contributed by atoms with Crippen molar-refractivity contribution in [2.45, 2.75) is 45.2 Å². The summed E-state index contributed by atoms with van der Waals surface area (Å²) in [5.74, 6) is 0.973. The summed E-state index contributed by atoms with van der Waals surface area (Å²) in [6.45, 7) is 2.73. The van der Waals surface area contributed by atoms with E-state index in [1.165, 1.54) is 17.1 Å². The zero-order valence-corrected chi connectivity index (χ0v) is 16.2. The highest BCUT2D eigenvalue weighted by Gasteiger charge is 2.22. The van der Waals surface area contributed by atoms with Gasteiger partial charge in [-0.15, -0.1) is 0 Å². The van der Waals surface area contributed by atoms with Crippen molar-refractivity contribution in [3.8, 4) is 5.75 Å². The molecule has 1 saturated carbocycles. The Morgan fingerprint density at radius 3 is 2.81 bits per heavy atom. The molecule has 27 heavy (non-hydrogen) atoms. The Morgan fingerprint density at radius 1 is 1.22 bits per heavy atom. The van der Waals surface area contributed by atoms with Crippen LogP contribution in [0, 0.1) is 5.92 Å². The molecule has 2 unspecified atom stereocenters. The topological polar surface area (TPSA) is 60.3 Å².